The summed E-state index contributed by atoms with van der Waals surface area (Å²) in [6.07, 6.45) is 0. The normalized spacial score (nSPS) is 11.5. The maximum absolute atomic E-state index is 13.5. The number of nitrogens with zero attached hydrogens (tertiary/aromatic N) is 2. The Morgan fingerprint density at radius 1 is 1.17 bits per heavy atom. The summed E-state index contributed by atoms with van der Waals surface area (Å²) >= 11 is 1.34. The number of thiazole rings is 1. The number of rotatable bonds is 7. The fraction of sp³-hybridized carbons (Fsp3) is 0.238. The molecule has 0 saturated carbocycles. The van der Waals surface area contributed by atoms with Gasteiger partial charge in [0.15, 0.2) is 5.13 Å². The molecule has 1 heterocycles. The third-order valence-electron chi connectivity index (χ3n) is 4.11. The van der Waals surface area contributed by atoms with Crippen molar-refractivity contribution in [3.8, 4) is 5.75 Å². The van der Waals surface area contributed by atoms with E-state index in [-0.39, 0.29) is 28.2 Å². The highest BCUT2D eigenvalue weighted by atomic mass is 32.2. The smallest absolute Gasteiger partial charge is 0.264 e. The van der Waals surface area contributed by atoms with Crippen molar-refractivity contribution in [3.05, 3.63) is 65.2 Å². The highest BCUT2D eigenvalue weighted by Crippen LogP contribution is 2.32. The minimum absolute atomic E-state index is 0.0899. The van der Waals surface area contributed by atoms with Crippen LogP contribution < -0.4 is 14.4 Å². The van der Waals surface area contributed by atoms with Crippen molar-refractivity contribution < 1.29 is 17.9 Å². The Balaban J connectivity index is 2.11. The number of anilines is 2. The third kappa shape index (κ3) is 4.69. The standard InChI is InChI=1S/C21H23N3O4S2/c1-14(2)23-30(26,27)19-12-16(10-11-18(19)28-4)20(25)24(17-8-6-5-7-9-17)21-22-15(3)13-29-21/h5-14,23H,1-4H3. The molecule has 3 aromatic rings. The zero-order chi connectivity index (χ0) is 21.9. The molecule has 1 N–H and O–H groups in total. The lowest BCUT2D eigenvalue weighted by Gasteiger charge is -2.21. The van der Waals surface area contributed by atoms with Crippen LogP contribution in [0.3, 0.4) is 0 Å². The number of benzene rings is 2. The first kappa shape index (κ1) is 21.9. The second-order valence-electron chi connectivity index (χ2n) is 6.89. The van der Waals surface area contributed by atoms with Crippen LogP contribution in [0.5, 0.6) is 5.75 Å². The van der Waals surface area contributed by atoms with Crippen LogP contribution in [-0.4, -0.2) is 32.5 Å². The van der Waals surface area contributed by atoms with Crippen LogP contribution in [-0.2, 0) is 10.0 Å². The minimum Gasteiger partial charge on any atom is -0.495 e. The van der Waals surface area contributed by atoms with Crippen molar-refractivity contribution in [2.45, 2.75) is 31.7 Å². The molecule has 30 heavy (non-hydrogen) atoms. The molecule has 3 rings (SSSR count). The summed E-state index contributed by atoms with van der Waals surface area (Å²) in [4.78, 5) is 19.3. The highest BCUT2D eigenvalue weighted by Gasteiger charge is 2.26. The largest absolute Gasteiger partial charge is 0.495 e. The van der Waals surface area contributed by atoms with Gasteiger partial charge in [0.1, 0.15) is 10.6 Å². The molecule has 2 aromatic carbocycles. The van der Waals surface area contributed by atoms with E-state index < -0.39 is 10.0 Å². The average molecular weight is 446 g/mol. The first-order valence-corrected chi connectivity index (χ1v) is 11.6. The number of sulfonamides is 1. The van der Waals surface area contributed by atoms with Crippen molar-refractivity contribution in [1.29, 1.82) is 0 Å². The quantitative estimate of drug-likeness (QED) is 0.591. The number of amides is 1. The van der Waals surface area contributed by atoms with E-state index in [4.69, 9.17) is 4.74 Å². The summed E-state index contributed by atoms with van der Waals surface area (Å²) in [6.45, 7) is 5.30. The van der Waals surface area contributed by atoms with Gasteiger partial charge >= 0.3 is 0 Å². The van der Waals surface area contributed by atoms with Crippen LogP contribution in [0.4, 0.5) is 10.8 Å². The number of hydrogen-bond acceptors (Lipinski definition) is 6. The number of carbonyl (C=O) groups is 1. The first-order valence-electron chi connectivity index (χ1n) is 9.25. The zero-order valence-electron chi connectivity index (χ0n) is 17.1. The lowest BCUT2D eigenvalue weighted by Crippen LogP contribution is -2.31. The maximum Gasteiger partial charge on any atom is 0.264 e. The summed E-state index contributed by atoms with van der Waals surface area (Å²) in [5.41, 5.74) is 1.64. The maximum atomic E-state index is 13.5. The number of ether oxygens (including phenoxy) is 1. The molecule has 0 aliphatic heterocycles. The van der Waals surface area contributed by atoms with Crippen molar-refractivity contribution in [2.24, 2.45) is 0 Å². The number of nitrogens with one attached hydrogen (secondary N) is 1. The van der Waals surface area contributed by atoms with Crippen LogP contribution >= 0.6 is 11.3 Å². The topological polar surface area (TPSA) is 88.6 Å². The Morgan fingerprint density at radius 2 is 1.87 bits per heavy atom. The fourth-order valence-corrected chi connectivity index (χ4v) is 5.12. The predicted octanol–water partition coefficient (Wildman–Crippen LogP) is 4.13. The van der Waals surface area contributed by atoms with Gasteiger partial charge in [-0.2, -0.15) is 0 Å². The number of aromatic nitrogens is 1. The van der Waals surface area contributed by atoms with Crippen LogP contribution in [0.2, 0.25) is 0 Å². The molecule has 0 fully saturated rings. The molecule has 0 bridgehead atoms. The van der Waals surface area contributed by atoms with Crippen LogP contribution in [0.25, 0.3) is 0 Å². The van der Waals surface area contributed by atoms with E-state index in [2.05, 4.69) is 9.71 Å². The molecule has 1 aromatic heterocycles. The summed E-state index contributed by atoms with van der Waals surface area (Å²) in [6, 6.07) is 13.2. The van der Waals surface area contributed by atoms with Crippen molar-refractivity contribution >= 4 is 38.1 Å². The molecule has 7 nitrogen and oxygen atoms in total. The van der Waals surface area contributed by atoms with E-state index in [1.807, 2.05) is 30.5 Å². The summed E-state index contributed by atoms with van der Waals surface area (Å²) in [7, 11) is -2.48. The van der Waals surface area contributed by atoms with E-state index in [0.29, 0.717) is 10.8 Å². The Kier molecular flexibility index (Phi) is 6.55. The van der Waals surface area contributed by atoms with Gasteiger partial charge in [-0.3, -0.25) is 9.69 Å². The van der Waals surface area contributed by atoms with Crippen LogP contribution in [0.1, 0.15) is 29.9 Å². The van der Waals surface area contributed by atoms with Gasteiger partial charge in [0, 0.05) is 17.0 Å². The van der Waals surface area contributed by atoms with Gasteiger partial charge in [-0.25, -0.2) is 18.1 Å². The molecule has 0 unspecified atom stereocenters. The van der Waals surface area contributed by atoms with Gasteiger partial charge in [-0.05, 0) is 51.1 Å². The van der Waals surface area contributed by atoms with Crippen molar-refractivity contribution in [1.82, 2.24) is 9.71 Å². The van der Waals surface area contributed by atoms with Gasteiger partial charge in [-0.15, -0.1) is 11.3 Å². The van der Waals surface area contributed by atoms with Crippen molar-refractivity contribution in [3.63, 3.8) is 0 Å². The molecule has 0 aliphatic carbocycles. The number of para-hydroxylation sites is 1. The summed E-state index contributed by atoms with van der Waals surface area (Å²) in [5.74, 6) is -0.227. The number of methoxy groups -OCH3 is 1. The summed E-state index contributed by atoms with van der Waals surface area (Å²) in [5, 5.41) is 2.36. The van der Waals surface area contributed by atoms with Gasteiger partial charge in [0.25, 0.3) is 5.91 Å². The number of hydrogen-bond donors (Lipinski definition) is 1. The molecule has 0 aliphatic rings. The Bertz CT molecular complexity index is 1140. The monoisotopic (exact) mass is 445 g/mol. The number of carbonyl (C=O) groups excluding carboxylic acids is 1. The summed E-state index contributed by atoms with van der Waals surface area (Å²) < 4.78 is 33.3. The Morgan fingerprint density at radius 3 is 2.43 bits per heavy atom. The minimum atomic E-state index is -3.87. The molecule has 9 heteroatoms. The van der Waals surface area contributed by atoms with E-state index in [9.17, 15) is 13.2 Å². The Hall–Kier alpha value is -2.75. The second kappa shape index (κ2) is 8.95. The van der Waals surface area contributed by atoms with Gasteiger partial charge in [-0.1, -0.05) is 18.2 Å². The molecular formula is C21H23N3O4S2. The molecule has 0 spiro atoms. The molecule has 158 valence electrons. The lowest BCUT2D eigenvalue weighted by atomic mass is 10.1. The molecule has 0 saturated heterocycles. The molecular weight excluding hydrogens is 422 g/mol. The number of aryl methyl sites for hydroxylation is 1. The Labute approximate surface area is 180 Å². The van der Waals surface area contributed by atoms with Crippen LogP contribution in [0.15, 0.2) is 58.8 Å². The van der Waals surface area contributed by atoms with Gasteiger partial charge in [0.05, 0.1) is 18.5 Å². The third-order valence-corrected chi connectivity index (χ3v) is 6.73. The van der Waals surface area contributed by atoms with Gasteiger partial charge < -0.3 is 4.74 Å². The fourth-order valence-electron chi connectivity index (χ4n) is 2.86. The van der Waals surface area contributed by atoms with Gasteiger partial charge in [0.2, 0.25) is 10.0 Å². The second-order valence-corrected chi connectivity index (χ2v) is 9.41. The van der Waals surface area contributed by atoms with E-state index in [1.165, 1.54) is 35.5 Å². The lowest BCUT2D eigenvalue weighted by molar-refractivity contribution is 0.0999. The van der Waals surface area contributed by atoms with Crippen molar-refractivity contribution in [2.75, 3.05) is 12.0 Å². The molecule has 1 amide bonds. The zero-order valence-corrected chi connectivity index (χ0v) is 18.8. The van der Waals surface area contributed by atoms with Crippen LogP contribution in [0, 0.1) is 6.92 Å². The molecule has 0 atom stereocenters. The van der Waals surface area contributed by atoms with E-state index >= 15 is 0 Å². The average Bonchev–Trinajstić information content (AvgIpc) is 3.13. The molecule has 0 radical (unpaired) electrons. The highest BCUT2D eigenvalue weighted by molar-refractivity contribution is 7.89. The predicted molar refractivity (Wildman–Crippen MR) is 118 cm³/mol. The first-order chi connectivity index (χ1) is 14.2. The van der Waals surface area contributed by atoms with E-state index in [1.54, 1.807) is 32.0 Å². The SMILES string of the molecule is COc1ccc(C(=O)N(c2ccccc2)c2nc(C)cs2)cc1S(=O)(=O)NC(C)C. The van der Waals surface area contributed by atoms with E-state index in [0.717, 1.165) is 5.69 Å².